The van der Waals surface area contributed by atoms with Crippen LogP contribution in [0.25, 0.3) is 0 Å². The molecule has 3 aliphatic rings. The number of carbonyl (C=O) groups is 1. The van der Waals surface area contributed by atoms with E-state index < -0.39 is 0 Å². The van der Waals surface area contributed by atoms with Gasteiger partial charge in [-0.05, 0) is 39.0 Å². The Morgan fingerprint density at radius 3 is 2.61 bits per heavy atom. The second-order valence-electron chi connectivity index (χ2n) is 6.94. The van der Waals surface area contributed by atoms with E-state index in [4.69, 9.17) is 0 Å². The minimum atomic E-state index is -0.131. The van der Waals surface area contributed by atoms with Gasteiger partial charge >= 0.3 is 0 Å². The number of carbonyl (C=O) groups excluding carboxylic acids is 1. The highest BCUT2D eigenvalue weighted by molar-refractivity contribution is 5.86. The van der Waals surface area contributed by atoms with Crippen LogP contribution >= 0.6 is 0 Å². The number of hydrogen-bond donors (Lipinski definition) is 0. The van der Waals surface area contributed by atoms with Gasteiger partial charge in [-0.3, -0.25) is 4.79 Å². The maximum absolute atomic E-state index is 12.6. The number of rotatable bonds is 2. The summed E-state index contributed by atoms with van der Waals surface area (Å²) < 4.78 is 0. The van der Waals surface area contributed by atoms with E-state index in [1.807, 2.05) is 6.92 Å². The molecule has 0 aliphatic carbocycles. The number of aromatic nitrogens is 2. The third-order valence-corrected chi connectivity index (χ3v) is 5.51. The molecule has 1 aromatic rings. The molecule has 3 aliphatic heterocycles. The summed E-state index contributed by atoms with van der Waals surface area (Å²) in [5.74, 6) is 2.15. The highest BCUT2D eigenvalue weighted by Gasteiger charge is 2.40. The predicted octanol–water partition coefficient (Wildman–Crippen LogP) is 1.67. The number of piperidine rings is 1. The first kappa shape index (κ1) is 14.7. The van der Waals surface area contributed by atoms with Crippen molar-refractivity contribution in [3.8, 4) is 0 Å². The van der Waals surface area contributed by atoms with Crippen molar-refractivity contribution in [3.63, 3.8) is 0 Å². The van der Waals surface area contributed by atoms with Gasteiger partial charge in [-0.2, -0.15) is 0 Å². The molecule has 6 heteroatoms. The molecule has 1 amide bonds. The average molecular weight is 315 g/mol. The highest BCUT2D eigenvalue weighted by atomic mass is 16.2. The van der Waals surface area contributed by atoms with Gasteiger partial charge in [0.25, 0.3) is 0 Å². The van der Waals surface area contributed by atoms with Crippen LogP contribution in [0.3, 0.4) is 0 Å². The Morgan fingerprint density at radius 1 is 1.00 bits per heavy atom. The lowest BCUT2D eigenvalue weighted by atomic mass is 10.1. The quantitative estimate of drug-likeness (QED) is 0.831. The molecule has 4 rings (SSSR count). The molecule has 3 fully saturated rings. The first-order chi connectivity index (χ1) is 11.2. The molecule has 3 saturated heterocycles. The number of nitrogens with zero attached hydrogens (tertiary/aromatic N) is 5. The molecule has 0 aromatic carbocycles. The normalized spacial score (nSPS) is 28.2. The molecular weight excluding hydrogens is 290 g/mol. The van der Waals surface area contributed by atoms with Crippen LogP contribution in [0.4, 0.5) is 11.6 Å². The van der Waals surface area contributed by atoms with Crippen LogP contribution < -0.4 is 9.80 Å². The fourth-order valence-corrected chi connectivity index (χ4v) is 4.16. The number of anilines is 2. The molecule has 0 unspecified atom stereocenters. The van der Waals surface area contributed by atoms with Crippen LogP contribution in [0.1, 0.15) is 39.0 Å². The highest BCUT2D eigenvalue weighted by Crippen LogP contribution is 2.30. The second-order valence-corrected chi connectivity index (χ2v) is 6.94. The van der Waals surface area contributed by atoms with E-state index in [2.05, 4.69) is 30.7 Å². The number of piperazine rings is 1. The standard InChI is InChI=1S/C17H25N5O/c1-13-17(23)21-9-5-6-14(21)11-22(13)16-10-15(18-12-19-16)20-7-3-2-4-8-20/h10,12-14H,2-9,11H2,1H3/t13-,14-/m1/s1. The van der Waals surface area contributed by atoms with Gasteiger partial charge in [0.2, 0.25) is 5.91 Å². The molecule has 0 saturated carbocycles. The Kier molecular flexibility index (Phi) is 3.83. The lowest BCUT2D eigenvalue weighted by Crippen LogP contribution is -2.59. The van der Waals surface area contributed by atoms with E-state index >= 15 is 0 Å². The first-order valence-electron chi connectivity index (χ1n) is 8.88. The van der Waals surface area contributed by atoms with Gasteiger partial charge in [-0.1, -0.05) is 0 Å². The Hall–Kier alpha value is -1.85. The van der Waals surface area contributed by atoms with Crippen molar-refractivity contribution in [1.82, 2.24) is 14.9 Å². The first-order valence-corrected chi connectivity index (χ1v) is 8.88. The fraction of sp³-hybridized carbons (Fsp3) is 0.706. The number of fused-ring (bicyclic) bond motifs is 1. The average Bonchev–Trinajstić information content (AvgIpc) is 3.08. The Labute approximate surface area is 137 Å². The third-order valence-electron chi connectivity index (χ3n) is 5.51. The zero-order valence-corrected chi connectivity index (χ0v) is 13.8. The predicted molar refractivity (Wildman–Crippen MR) is 89.6 cm³/mol. The lowest BCUT2D eigenvalue weighted by Gasteiger charge is -2.42. The topological polar surface area (TPSA) is 52.6 Å². The lowest BCUT2D eigenvalue weighted by molar-refractivity contribution is -0.134. The van der Waals surface area contributed by atoms with E-state index in [1.54, 1.807) is 6.33 Å². The van der Waals surface area contributed by atoms with Crippen LogP contribution in [0.5, 0.6) is 0 Å². The van der Waals surface area contributed by atoms with Crippen molar-refractivity contribution in [2.75, 3.05) is 36.0 Å². The van der Waals surface area contributed by atoms with Crippen molar-refractivity contribution in [2.24, 2.45) is 0 Å². The summed E-state index contributed by atoms with van der Waals surface area (Å²) in [6, 6.07) is 2.29. The van der Waals surface area contributed by atoms with Gasteiger partial charge in [0, 0.05) is 38.3 Å². The maximum atomic E-state index is 12.6. The Morgan fingerprint density at radius 2 is 1.78 bits per heavy atom. The van der Waals surface area contributed by atoms with E-state index in [1.165, 1.54) is 19.3 Å². The van der Waals surface area contributed by atoms with E-state index in [0.717, 1.165) is 50.7 Å². The van der Waals surface area contributed by atoms with Gasteiger partial charge in [-0.25, -0.2) is 9.97 Å². The molecule has 0 bridgehead atoms. The van der Waals surface area contributed by atoms with Crippen LogP contribution in [0.2, 0.25) is 0 Å². The summed E-state index contributed by atoms with van der Waals surface area (Å²) in [5, 5.41) is 0. The van der Waals surface area contributed by atoms with Crippen molar-refractivity contribution >= 4 is 17.5 Å². The molecule has 0 spiro atoms. The van der Waals surface area contributed by atoms with Crippen molar-refractivity contribution in [3.05, 3.63) is 12.4 Å². The van der Waals surface area contributed by atoms with E-state index in [-0.39, 0.29) is 11.9 Å². The summed E-state index contributed by atoms with van der Waals surface area (Å²) in [7, 11) is 0. The SMILES string of the molecule is C[C@@H]1C(=O)N2CCC[C@@H]2CN1c1cc(N2CCCCC2)ncn1. The van der Waals surface area contributed by atoms with Gasteiger partial charge < -0.3 is 14.7 Å². The molecule has 1 aromatic heterocycles. The molecule has 23 heavy (non-hydrogen) atoms. The fourth-order valence-electron chi connectivity index (χ4n) is 4.16. The van der Waals surface area contributed by atoms with Gasteiger partial charge in [0.1, 0.15) is 24.0 Å². The molecule has 2 atom stereocenters. The number of amides is 1. The summed E-state index contributed by atoms with van der Waals surface area (Å²) >= 11 is 0. The van der Waals surface area contributed by atoms with Crippen LogP contribution in [0.15, 0.2) is 12.4 Å². The summed E-state index contributed by atoms with van der Waals surface area (Å²) in [4.78, 5) is 28.1. The van der Waals surface area contributed by atoms with Crippen LogP contribution in [-0.2, 0) is 4.79 Å². The van der Waals surface area contributed by atoms with Crippen LogP contribution in [-0.4, -0.2) is 59.0 Å². The second kappa shape index (κ2) is 5.98. The molecule has 4 heterocycles. The van der Waals surface area contributed by atoms with Crippen molar-refractivity contribution < 1.29 is 4.79 Å². The Balaban J connectivity index is 1.58. The van der Waals surface area contributed by atoms with Gasteiger partial charge in [-0.15, -0.1) is 0 Å². The molecule has 0 N–H and O–H groups in total. The summed E-state index contributed by atoms with van der Waals surface area (Å²) in [6.07, 6.45) is 7.66. The van der Waals surface area contributed by atoms with E-state index in [0.29, 0.717) is 6.04 Å². The zero-order chi connectivity index (χ0) is 15.8. The molecule has 6 nitrogen and oxygen atoms in total. The van der Waals surface area contributed by atoms with E-state index in [9.17, 15) is 4.79 Å². The summed E-state index contributed by atoms with van der Waals surface area (Å²) in [6.45, 7) is 5.95. The minimum Gasteiger partial charge on any atom is -0.356 e. The minimum absolute atomic E-state index is 0.131. The Bertz CT molecular complexity index is 586. The third kappa shape index (κ3) is 2.64. The largest absolute Gasteiger partial charge is 0.356 e. The van der Waals surface area contributed by atoms with Gasteiger partial charge in [0.15, 0.2) is 0 Å². The molecular formula is C17H25N5O. The molecule has 0 radical (unpaired) electrons. The molecule has 124 valence electrons. The van der Waals surface area contributed by atoms with Crippen molar-refractivity contribution in [1.29, 1.82) is 0 Å². The maximum Gasteiger partial charge on any atom is 0.245 e. The van der Waals surface area contributed by atoms with Crippen molar-refractivity contribution in [2.45, 2.75) is 51.1 Å². The van der Waals surface area contributed by atoms with Gasteiger partial charge in [0.05, 0.1) is 0 Å². The monoisotopic (exact) mass is 315 g/mol. The zero-order valence-electron chi connectivity index (χ0n) is 13.8. The summed E-state index contributed by atoms with van der Waals surface area (Å²) in [5.41, 5.74) is 0. The smallest absolute Gasteiger partial charge is 0.245 e. The van der Waals surface area contributed by atoms with Crippen LogP contribution in [0, 0.1) is 0 Å². The number of hydrogen-bond acceptors (Lipinski definition) is 5.